The van der Waals surface area contributed by atoms with Gasteiger partial charge in [0.1, 0.15) is 23.1 Å². The predicted molar refractivity (Wildman–Crippen MR) is 125 cm³/mol. The SMILES string of the molecule is Cc1cc(OCC(=O)CC23CC(NC(=O)c4csc(-c5ccccc5)n4)(C2)C3)ccc1Cl. The highest BCUT2D eigenvalue weighted by Crippen LogP contribution is 2.69. The Morgan fingerprint density at radius 2 is 1.91 bits per heavy atom. The first kappa shape index (κ1) is 21.2. The molecule has 0 saturated heterocycles. The van der Waals surface area contributed by atoms with E-state index in [9.17, 15) is 9.59 Å². The lowest BCUT2D eigenvalue weighted by molar-refractivity contribution is -0.162. The van der Waals surface area contributed by atoms with E-state index in [0.717, 1.165) is 35.4 Å². The Kier molecular flexibility index (Phi) is 5.30. The fourth-order valence-electron chi connectivity index (χ4n) is 5.05. The molecule has 0 atom stereocenters. The third-order valence-electron chi connectivity index (χ3n) is 6.38. The fourth-order valence-corrected chi connectivity index (χ4v) is 5.98. The second kappa shape index (κ2) is 8.01. The molecule has 164 valence electrons. The third-order valence-corrected chi connectivity index (χ3v) is 7.69. The quantitative estimate of drug-likeness (QED) is 0.478. The Balaban J connectivity index is 1.10. The standard InChI is InChI=1S/C25H23ClN2O3S/c1-16-9-19(7-8-20(16)26)31-11-18(29)10-24-13-25(14-24,15-24)28-22(30)21-12-32-23(27-21)17-5-3-2-4-6-17/h2-9,12H,10-11,13-15H2,1H3,(H,28,30). The molecule has 1 aromatic heterocycles. The number of benzene rings is 2. The van der Waals surface area contributed by atoms with Gasteiger partial charge in [-0.1, -0.05) is 41.9 Å². The minimum atomic E-state index is -0.179. The molecule has 5 nitrogen and oxygen atoms in total. The van der Waals surface area contributed by atoms with Gasteiger partial charge in [0, 0.05) is 27.9 Å². The Morgan fingerprint density at radius 3 is 2.62 bits per heavy atom. The number of Topliss-reactive ketones (excluding diaryl/α,β-unsaturated/α-hetero) is 1. The van der Waals surface area contributed by atoms with E-state index < -0.39 is 0 Å². The van der Waals surface area contributed by atoms with E-state index >= 15 is 0 Å². The summed E-state index contributed by atoms with van der Waals surface area (Å²) in [5, 5.41) is 6.48. The lowest BCUT2D eigenvalue weighted by Crippen LogP contribution is -2.75. The van der Waals surface area contributed by atoms with Gasteiger partial charge in [-0.3, -0.25) is 9.59 Å². The molecular formula is C25H23ClN2O3S. The van der Waals surface area contributed by atoms with Crippen molar-refractivity contribution in [2.75, 3.05) is 6.61 Å². The number of rotatable bonds is 8. The van der Waals surface area contributed by atoms with E-state index in [1.54, 1.807) is 17.5 Å². The van der Waals surface area contributed by atoms with Crippen LogP contribution < -0.4 is 10.1 Å². The van der Waals surface area contributed by atoms with Gasteiger partial charge in [-0.05, 0) is 55.4 Å². The fraction of sp³-hybridized carbons (Fsp3) is 0.320. The minimum Gasteiger partial charge on any atom is -0.486 e. The van der Waals surface area contributed by atoms with Crippen molar-refractivity contribution in [2.45, 2.75) is 38.1 Å². The smallest absolute Gasteiger partial charge is 0.271 e. The van der Waals surface area contributed by atoms with Crippen LogP contribution in [0.25, 0.3) is 10.6 Å². The summed E-state index contributed by atoms with van der Waals surface area (Å²) in [4.78, 5) is 29.6. The van der Waals surface area contributed by atoms with Crippen LogP contribution in [0, 0.1) is 12.3 Å². The predicted octanol–water partition coefficient (Wildman–Crippen LogP) is 5.46. The van der Waals surface area contributed by atoms with E-state index in [-0.39, 0.29) is 29.3 Å². The van der Waals surface area contributed by atoms with Gasteiger partial charge in [0.05, 0.1) is 0 Å². The molecule has 1 N–H and O–H groups in total. The summed E-state index contributed by atoms with van der Waals surface area (Å²) >= 11 is 7.49. The Bertz CT molecular complexity index is 1170. The second-order valence-corrected chi connectivity index (χ2v) is 10.3. The number of carbonyl (C=O) groups is 2. The monoisotopic (exact) mass is 466 g/mol. The van der Waals surface area contributed by atoms with Crippen LogP contribution in [0.3, 0.4) is 0 Å². The van der Waals surface area contributed by atoms with E-state index in [2.05, 4.69) is 10.3 Å². The zero-order valence-electron chi connectivity index (χ0n) is 17.7. The summed E-state index contributed by atoms with van der Waals surface area (Å²) in [5.41, 5.74) is 2.22. The van der Waals surface area contributed by atoms with Crippen molar-refractivity contribution in [2.24, 2.45) is 5.41 Å². The average Bonchev–Trinajstić information content (AvgIpc) is 3.23. The maximum atomic E-state index is 12.7. The number of hydrogen-bond donors (Lipinski definition) is 1. The number of aromatic nitrogens is 1. The molecule has 0 radical (unpaired) electrons. The molecule has 0 spiro atoms. The number of hydrogen-bond acceptors (Lipinski definition) is 5. The molecule has 3 aromatic rings. The van der Waals surface area contributed by atoms with Crippen LogP contribution in [0.1, 0.15) is 41.7 Å². The average molecular weight is 467 g/mol. The molecule has 1 heterocycles. The Labute approximate surface area is 195 Å². The normalized spacial score (nSPS) is 23.1. The maximum absolute atomic E-state index is 12.7. The summed E-state index contributed by atoms with van der Waals surface area (Å²) in [6.07, 6.45) is 3.01. The Hall–Kier alpha value is -2.70. The molecule has 0 aliphatic heterocycles. The lowest BCUT2D eigenvalue weighted by Gasteiger charge is -2.70. The number of carbonyl (C=O) groups excluding carboxylic acids is 2. The molecule has 3 fully saturated rings. The van der Waals surface area contributed by atoms with Gasteiger partial charge in [0.15, 0.2) is 5.78 Å². The first-order valence-electron chi connectivity index (χ1n) is 10.6. The largest absolute Gasteiger partial charge is 0.486 e. The van der Waals surface area contributed by atoms with Gasteiger partial charge in [-0.15, -0.1) is 11.3 Å². The van der Waals surface area contributed by atoms with E-state index in [1.807, 2.05) is 43.3 Å². The summed E-state index contributed by atoms with van der Waals surface area (Å²) in [6.45, 7) is 1.96. The second-order valence-electron chi connectivity index (χ2n) is 9.08. The summed E-state index contributed by atoms with van der Waals surface area (Å²) in [6, 6.07) is 15.2. The molecule has 2 aromatic carbocycles. The Morgan fingerprint density at radius 1 is 1.16 bits per heavy atom. The van der Waals surface area contributed by atoms with Gasteiger partial charge < -0.3 is 10.1 Å². The number of halogens is 1. The first-order valence-corrected chi connectivity index (χ1v) is 11.9. The maximum Gasteiger partial charge on any atom is 0.271 e. The molecule has 7 heteroatoms. The van der Waals surface area contributed by atoms with Crippen LogP contribution in [0.15, 0.2) is 53.9 Å². The highest BCUT2D eigenvalue weighted by atomic mass is 35.5. The van der Waals surface area contributed by atoms with Crippen LogP contribution >= 0.6 is 22.9 Å². The van der Waals surface area contributed by atoms with Gasteiger partial charge in [-0.25, -0.2) is 4.98 Å². The first-order chi connectivity index (χ1) is 15.4. The van der Waals surface area contributed by atoms with Crippen molar-refractivity contribution in [3.8, 4) is 16.3 Å². The highest BCUT2D eigenvalue weighted by molar-refractivity contribution is 7.13. The number of ketones is 1. The zero-order chi connectivity index (χ0) is 22.3. The van der Waals surface area contributed by atoms with E-state index in [4.69, 9.17) is 16.3 Å². The van der Waals surface area contributed by atoms with Gasteiger partial charge in [0.2, 0.25) is 0 Å². The number of thiazole rings is 1. The van der Waals surface area contributed by atoms with Crippen molar-refractivity contribution in [1.82, 2.24) is 10.3 Å². The van der Waals surface area contributed by atoms with Crippen LogP contribution in [0.2, 0.25) is 5.02 Å². The van der Waals surface area contributed by atoms with E-state index in [0.29, 0.717) is 22.9 Å². The zero-order valence-corrected chi connectivity index (χ0v) is 19.3. The van der Waals surface area contributed by atoms with Crippen LogP contribution in [-0.4, -0.2) is 28.8 Å². The van der Waals surface area contributed by atoms with Crippen molar-refractivity contribution < 1.29 is 14.3 Å². The molecule has 32 heavy (non-hydrogen) atoms. The van der Waals surface area contributed by atoms with E-state index in [1.165, 1.54) is 11.3 Å². The van der Waals surface area contributed by atoms with Crippen LogP contribution in [0.4, 0.5) is 0 Å². The molecule has 3 aliphatic rings. The summed E-state index contributed by atoms with van der Waals surface area (Å²) < 4.78 is 5.64. The number of nitrogens with one attached hydrogen (secondary N) is 1. The van der Waals surface area contributed by atoms with Crippen molar-refractivity contribution in [3.05, 3.63) is 70.2 Å². The van der Waals surface area contributed by atoms with Crippen LogP contribution in [-0.2, 0) is 4.79 Å². The van der Waals surface area contributed by atoms with Crippen LogP contribution in [0.5, 0.6) is 5.75 Å². The number of amides is 1. The van der Waals surface area contributed by atoms with Crippen molar-refractivity contribution in [1.29, 1.82) is 0 Å². The lowest BCUT2D eigenvalue weighted by atomic mass is 9.38. The molecule has 1 amide bonds. The minimum absolute atomic E-state index is 0.0148. The highest BCUT2D eigenvalue weighted by Gasteiger charge is 2.68. The molecular weight excluding hydrogens is 444 g/mol. The summed E-state index contributed by atoms with van der Waals surface area (Å²) in [5.74, 6) is 0.605. The molecule has 6 rings (SSSR count). The van der Waals surface area contributed by atoms with Gasteiger partial charge in [-0.2, -0.15) is 0 Å². The number of ether oxygens (including phenoxy) is 1. The molecule has 2 bridgehead atoms. The molecule has 0 unspecified atom stereocenters. The number of nitrogens with zero attached hydrogens (tertiary/aromatic N) is 1. The van der Waals surface area contributed by atoms with Gasteiger partial charge >= 0.3 is 0 Å². The van der Waals surface area contributed by atoms with Gasteiger partial charge in [0.25, 0.3) is 5.91 Å². The number of aryl methyl sites for hydroxylation is 1. The molecule has 3 saturated carbocycles. The molecule has 3 aliphatic carbocycles. The van der Waals surface area contributed by atoms with Crippen molar-refractivity contribution in [3.63, 3.8) is 0 Å². The topological polar surface area (TPSA) is 68.3 Å². The van der Waals surface area contributed by atoms with Crippen molar-refractivity contribution >= 4 is 34.6 Å². The summed E-state index contributed by atoms with van der Waals surface area (Å²) in [7, 11) is 0. The third kappa shape index (κ3) is 4.05.